The fraction of sp³-hybridized carbons (Fsp3) is 0.700. The molecule has 23 heavy (non-hydrogen) atoms. The molecule has 0 fully saturated rings. The number of carbonyl (C=O) groups excluding carboxylic acids is 2. The molecule has 0 aliphatic heterocycles. The number of esters is 1. The molecule has 0 aromatic heterocycles. The van der Waals surface area contributed by atoms with E-state index in [0.29, 0.717) is 18.8 Å². The number of rotatable bonds is 15. The summed E-state index contributed by atoms with van der Waals surface area (Å²) in [6.45, 7) is 4.41. The SMILES string of the molecule is CCCCCCCCCC(=O)CCCC=CC=CC(=O)OCC. The summed E-state index contributed by atoms with van der Waals surface area (Å²) in [7, 11) is 0. The Labute approximate surface area is 142 Å². The Morgan fingerprint density at radius 2 is 1.48 bits per heavy atom. The van der Waals surface area contributed by atoms with Gasteiger partial charge in [0.15, 0.2) is 0 Å². The van der Waals surface area contributed by atoms with E-state index >= 15 is 0 Å². The van der Waals surface area contributed by atoms with Gasteiger partial charge < -0.3 is 4.74 Å². The van der Waals surface area contributed by atoms with Crippen LogP contribution in [-0.4, -0.2) is 18.4 Å². The number of allylic oxidation sites excluding steroid dienone is 3. The maximum absolute atomic E-state index is 11.7. The van der Waals surface area contributed by atoms with Crippen LogP contribution in [0.2, 0.25) is 0 Å². The van der Waals surface area contributed by atoms with Crippen LogP contribution in [0.1, 0.15) is 84.5 Å². The molecule has 132 valence electrons. The van der Waals surface area contributed by atoms with Crippen molar-refractivity contribution in [1.82, 2.24) is 0 Å². The van der Waals surface area contributed by atoms with Crippen molar-refractivity contribution in [1.29, 1.82) is 0 Å². The number of Topliss-reactive ketones (excluding diaryl/α,β-unsaturated/α-hetero) is 1. The van der Waals surface area contributed by atoms with Crippen molar-refractivity contribution >= 4 is 11.8 Å². The smallest absolute Gasteiger partial charge is 0.330 e. The molecule has 0 aliphatic rings. The lowest BCUT2D eigenvalue weighted by molar-refractivity contribution is -0.137. The van der Waals surface area contributed by atoms with E-state index in [4.69, 9.17) is 4.74 Å². The molecule has 0 rings (SSSR count). The van der Waals surface area contributed by atoms with Gasteiger partial charge in [-0.15, -0.1) is 0 Å². The molecule has 0 aromatic rings. The third-order valence-electron chi connectivity index (χ3n) is 3.65. The van der Waals surface area contributed by atoms with Crippen LogP contribution in [0, 0.1) is 0 Å². The predicted molar refractivity (Wildman–Crippen MR) is 96.4 cm³/mol. The van der Waals surface area contributed by atoms with Crippen molar-refractivity contribution < 1.29 is 14.3 Å². The quantitative estimate of drug-likeness (QED) is 0.172. The summed E-state index contributed by atoms with van der Waals surface area (Å²) >= 11 is 0. The highest BCUT2D eigenvalue weighted by molar-refractivity contribution is 5.82. The second-order valence-electron chi connectivity index (χ2n) is 5.84. The van der Waals surface area contributed by atoms with Crippen molar-refractivity contribution in [2.75, 3.05) is 6.61 Å². The van der Waals surface area contributed by atoms with E-state index in [1.807, 2.05) is 12.2 Å². The number of ketones is 1. The van der Waals surface area contributed by atoms with Gasteiger partial charge in [-0.25, -0.2) is 4.79 Å². The Balaban J connectivity index is 3.44. The number of ether oxygens (including phenoxy) is 1. The summed E-state index contributed by atoms with van der Waals surface area (Å²) in [5.74, 6) is 0.0658. The first kappa shape index (κ1) is 21.6. The molecule has 3 nitrogen and oxygen atoms in total. The minimum atomic E-state index is -0.318. The Hall–Kier alpha value is -1.38. The maximum atomic E-state index is 11.7. The van der Waals surface area contributed by atoms with Gasteiger partial charge in [0, 0.05) is 18.9 Å². The number of unbranched alkanes of at least 4 members (excludes halogenated alkanes) is 7. The monoisotopic (exact) mass is 322 g/mol. The van der Waals surface area contributed by atoms with Crippen molar-refractivity contribution in [2.45, 2.75) is 84.5 Å². The zero-order valence-electron chi connectivity index (χ0n) is 15.0. The average molecular weight is 322 g/mol. The third kappa shape index (κ3) is 16.8. The van der Waals surface area contributed by atoms with E-state index in [9.17, 15) is 9.59 Å². The third-order valence-corrected chi connectivity index (χ3v) is 3.65. The highest BCUT2D eigenvalue weighted by atomic mass is 16.5. The fourth-order valence-electron chi connectivity index (χ4n) is 2.32. The normalized spacial score (nSPS) is 11.4. The molecule has 0 heterocycles. The standard InChI is InChI=1S/C20H34O3/c1-3-5-6-7-8-10-13-16-19(21)17-14-11-9-12-15-18-20(22)23-4-2/h9,12,15,18H,3-8,10-11,13-14,16-17H2,1-2H3. The molecule has 0 atom stereocenters. The van der Waals surface area contributed by atoms with Gasteiger partial charge in [-0.3, -0.25) is 4.79 Å². The molecule has 0 saturated carbocycles. The molecule has 0 aliphatic carbocycles. The van der Waals surface area contributed by atoms with Gasteiger partial charge in [-0.2, -0.15) is 0 Å². The minimum absolute atomic E-state index is 0.318. The second kappa shape index (κ2) is 17.0. The summed E-state index contributed by atoms with van der Waals surface area (Å²) in [6.07, 6.45) is 18.8. The van der Waals surface area contributed by atoms with Crippen molar-refractivity contribution in [3.05, 3.63) is 24.3 Å². The summed E-state index contributed by atoms with van der Waals surface area (Å²) in [5.41, 5.74) is 0. The van der Waals surface area contributed by atoms with Crippen LogP contribution in [0.15, 0.2) is 24.3 Å². The Kier molecular flexibility index (Phi) is 16.0. The largest absolute Gasteiger partial charge is 0.463 e. The molecule has 0 bridgehead atoms. The first-order valence-electron chi connectivity index (χ1n) is 9.22. The van der Waals surface area contributed by atoms with Crippen LogP contribution >= 0.6 is 0 Å². The lowest BCUT2D eigenvalue weighted by Crippen LogP contribution is -1.98. The van der Waals surface area contributed by atoms with Gasteiger partial charge in [0.2, 0.25) is 0 Å². The molecule has 0 radical (unpaired) electrons. The highest BCUT2D eigenvalue weighted by Gasteiger charge is 2.00. The van der Waals surface area contributed by atoms with Gasteiger partial charge in [-0.05, 0) is 26.2 Å². The van der Waals surface area contributed by atoms with Gasteiger partial charge in [0.05, 0.1) is 6.61 Å². The minimum Gasteiger partial charge on any atom is -0.463 e. The fourth-order valence-corrected chi connectivity index (χ4v) is 2.32. The zero-order chi connectivity index (χ0) is 17.2. The van der Waals surface area contributed by atoms with Crippen molar-refractivity contribution in [3.8, 4) is 0 Å². The predicted octanol–water partition coefficient (Wildman–Crippen LogP) is 5.54. The summed E-state index contributed by atoms with van der Waals surface area (Å²) in [4.78, 5) is 22.8. The molecule has 0 unspecified atom stereocenters. The van der Waals surface area contributed by atoms with Crippen molar-refractivity contribution in [3.63, 3.8) is 0 Å². The highest BCUT2D eigenvalue weighted by Crippen LogP contribution is 2.10. The molecule has 0 saturated heterocycles. The second-order valence-corrected chi connectivity index (χ2v) is 5.84. The van der Waals surface area contributed by atoms with Crippen LogP contribution < -0.4 is 0 Å². The van der Waals surface area contributed by atoms with Crippen LogP contribution in [0.4, 0.5) is 0 Å². The van der Waals surface area contributed by atoms with Crippen LogP contribution in [0.5, 0.6) is 0 Å². The van der Waals surface area contributed by atoms with Crippen LogP contribution in [0.3, 0.4) is 0 Å². The van der Waals surface area contributed by atoms with E-state index in [2.05, 4.69) is 6.92 Å². The van der Waals surface area contributed by atoms with Gasteiger partial charge in [-0.1, -0.05) is 63.7 Å². The Bertz CT molecular complexity index is 356. The van der Waals surface area contributed by atoms with Gasteiger partial charge in [0.1, 0.15) is 5.78 Å². The van der Waals surface area contributed by atoms with Crippen LogP contribution in [0.25, 0.3) is 0 Å². The first-order chi connectivity index (χ1) is 11.2. The lowest BCUT2D eigenvalue weighted by atomic mass is 10.0. The van der Waals surface area contributed by atoms with Crippen LogP contribution in [-0.2, 0) is 14.3 Å². The number of hydrogen-bond acceptors (Lipinski definition) is 3. The summed E-state index contributed by atoms with van der Waals surface area (Å²) in [6, 6.07) is 0. The van der Waals surface area contributed by atoms with Gasteiger partial charge >= 0.3 is 5.97 Å². The molecule has 0 N–H and O–H groups in total. The summed E-state index contributed by atoms with van der Waals surface area (Å²) < 4.78 is 4.77. The van der Waals surface area contributed by atoms with E-state index in [-0.39, 0.29) is 5.97 Å². The zero-order valence-corrected chi connectivity index (χ0v) is 15.0. The van der Waals surface area contributed by atoms with E-state index in [0.717, 1.165) is 25.7 Å². The Morgan fingerprint density at radius 1 is 0.826 bits per heavy atom. The molecule has 0 spiro atoms. The maximum Gasteiger partial charge on any atom is 0.330 e. The summed E-state index contributed by atoms with van der Waals surface area (Å²) in [5, 5.41) is 0. The lowest BCUT2D eigenvalue weighted by Gasteiger charge is -2.01. The Morgan fingerprint density at radius 3 is 2.17 bits per heavy atom. The number of carbonyl (C=O) groups is 2. The van der Waals surface area contributed by atoms with Crippen molar-refractivity contribution in [2.24, 2.45) is 0 Å². The molecular weight excluding hydrogens is 288 g/mol. The van der Waals surface area contributed by atoms with E-state index in [1.54, 1.807) is 13.0 Å². The number of hydrogen-bond donors (Lipinski definition) is 0. The van der Waals surface area contributed by atoms with E-state index < -0.39 is 0 Å². The average Bonchev–Trinajstić information content (AvgIpc) is 2.53. The molecule has 3 heteroatoms. The van der Waals surface area contributed by atoms with Gasteiger partial charge in [0.25, 0.3) is 0 Å². The van der Waals surface area contributed by atoms with E-state index in [1.165, 1.54) is 44.6 Å². The molecular formula is C20H34O3. The molecule has 0 amide bonds. The first-order valence-corrected chi connectivity index (χ1v) is 9.22. The molecule has 0 aromatic carbocycles. The topological polar surface area (TPSA) is 43.4 Å².